The summed E-state index contributed by atoms with van der Waals surface area (Å²) in [6, 6.07) is 5.28. The molecule has 1 heterocycles. The van der Waals surface area contributed by atoms with E-state index in [0.717, 1.165) is 11.8 Å². The van der Waals surface area contributed by atoms with Crippen LogP contribution in [0.3, 0.4) is 0 Å². The van der Waals surface area contributed by atoms with Gasteiger partial charge in [-0.2, -0.15) is 10.1 Å². The maximum atomic E-state index is 13.7. The number of carboxylic acids is 1. The number of benzene rings is 1. The summed E-state index contributed by atoms with van der Waals surface area (Å²) < 4.78 is 14.9. The van der Waals surface area contributed by atoms with Crippen LogP contribution < -0.4 is 5.56 Å². The Morgan fingerprint density at radius 1 is 1.43 bits per heavy atom. The van der Waals surface area contributed by atoms with Gasteiger partial charge in [-0.25, -0.2) is 13.9 Å². The third-order valence-electron chi connectivity index (χ3n) is 3.24. The van der Waals surface area contributed by atoms with Crippen LogP contribution in [0.4, 0.5) is 4.39 Å². The van der Waals surface area contributed by atoms with Crippen LogP contribution in [-0.2, 0) is 17.0 Å². The zero-order valence-corrected chi connectivity index (χ0v) is 13.5. The predicted octanol–water partition coefficient (Wildman–Crippen LogP) is 2.28. The van der Waals surface area contributed by atoms with E-state index in [1.165, 1.54) is 17.7 Å². The lowest BCUT2D eigenvalue weighted by Crippen LogP contribution is -2.28. The van der Waals surface area contributed by atoms with Crippen LogP contribution in [0.15, 0.2) is 34.2 Å². The number of aryl methyl sites for hydroxylation is 1. The molecule has 2 rings (SSSR count). The van der Waals surface area contributed by atoms with Gasteiger partial charge in [-0.1, -0.05) is 36.9 Å². The van der Waals surface area contributed by atoms with Gasteiger partial charge in [-0.15, -0.1) is 0 Å². The molecule has 1 aromatic carbocycles. The number of hydrogen-bond acceptors (Lipinski definition) is 5. The fraction of sp³-hybridized carbons (Fsp3) is 0.333. The molecule has 0 saturated carbocycles. The second kappa shape index (κ2) is 7.36. The molecule has 0 radical (unpaired) electrons. The highest BCUT2D eigenvalue weighted by Gasteiger charge is 2.20. The number of rotatable bonds is 6. The number of hydrogen-bond donors (Lipinski definition) is 1. The molecule has 0 bridgehead atoms. The van der Waals surface area contributed by atoms with E-state index >= 15 is 0 Å². The Hall–Kier alpha value is -2.22. The molecule has 1 aromatic heterocycles. The van der Waals surface area contributed by atoms with Gasteiger partial charge in [0.05, 0.1) is 0 Å². The zero-order chi connectivity index (χ0) is 17.0. The predicted molar refractivity (Wildman–Crippen MR) is 84.0 cm³/mol. The first kappa shape index (κ1) is 17.1. The van der Waals surface area contributed by atoms with Gasteiger partial charge in [0, 0.05) is 5.75 Å². The lowest BCUT2D eigenvalue weighted by molar-refractivity contribution is -0.140. The quantitative estimate of drug-likeness (QED) is 0.814. The summed E-state index contributed by atoms with van der Waals surface area (Å²) in [5, 5.41) is 13.4. The van der Waals surface area contributed by atoms with Crippen molar-refractivity contribution in [1.82, 2.24) is 14.8 Å². The lowest BCUT2D eigenvalue weighted by Gasteiger charge is -2.15. The number of aromatic nitrogens is 3. The van der Waals surface area contributed by atoms with Crippen LogP contribution in [-0.4, -0.2) is 25.8 Å². The van der Waals surface area contributed by atoms with Gasteiger partial charge in [0.2, 0.25) is 0 Å². The van der Waals surface area contributed by atoms with E-state index in [9.17, 15) is 19.1 Å². The van der Waals surface area contributed by atoms with Gasteiger partial charge in [0.15, 0.2) is 5.16 Å². The Balaban J connectivity index is 2.36. The van der Waals surface area contributed by atoms with Crippen LogP contribution >= 0.6 is 11.8 Å². The third-order valence-corrected chi connectivity index (χ3v) is 4.23. The normalized spacial score (nSPS) is 12.1. The van der Waals surface area contributed by atoms with E-state index in [0.29, 0.717) is 12.0 Å². The van der Waals surface area contributed by atoms with E-state index in [2.05, 4.69) is 10.1 Å². The Morgan fingerprint density at radius 2 is 2.13 bits per heavy atom. The first-order valence-electron chi connectivity index (χ1n) is 7.02. The summed E-state index contributed by atoms with van der Waals surface area (Å²) >= 11 is 1.08. The molecule has 0 saturated heterocycles. The Labute approximate surface area is 136 Å². The van der Waals surface area contributed by atoms with Crippen molar-refractivity contribution in [2.45, 2.75) is 37.2 Å². The molecule has 0 aliphatic rings. The molecule has 0 fully saturated rings. The summed E-state index contributed by atoms with van der Waals surface area (Å²) in [7, 11) is 0. The van der Waals surface area contributed by atoms with E-state index in [1.807, 2.05) is 0 Å². The van der Waals surface area contributed by atoms with Crippen molar-refractivity contribution in [3.05, 3.63) is 51.7 Å². The number of carboxylic acid groups (broad SMARTS) is 1. The fourth-order valence-electron chi connectivity index (χ4n) is 1.85. The lowest BCUT2D eigenvalue weighted by atomic mass is 10.2. The second-order valence-electron chi connectivity index (χ2n) is 4.84. The molecular formula is C15H16FN3O3S. The van der Waals surface area contributed by atoms with Crippen molar-refractivity contribution in [2.75, 3.05) is 0 Å². The summed E-state index contributed by atoms with van der Waals surface area (Å²) in [4.78, 5) is 27.0. The molecule has 8 heteroatoms. The van der Waals surface area contributed by atoms with E-state index in [1.54, 1.807) is 25.1 Å². The summed E-state index contributed by atoms with van der Waals surface area (Å²) in [5.41, 5.74) is 0.159. The van der Waals surface area contributed by atoms with Gasteiger partial charge in [-0.05, 0) is 25.0 Å². The number of halogens is 1. The van der Waals surface area contributed by atoms with Gasteiger partial charge >= 0.3 is 5.97 Å². The SMILES string of the molecule is CCc1nn(C(C)C(=O)O)c(SCc2ccccc2F)nc1=O. The summed E-state index contributed by atoms with van der Waals surface area (Å²) in [6.07, 6.45) is 0.358. The van der Waals surface area contributed by atoms with Gasteiger partial charge < -0.3 is 5.11 Å². The van der Waals surface area contributed by atoms with Crippen molar-refractivity contribution in [3.8, 4) is 0 Å². The molecular weight excluding hydrogens is 321 g/mol. The molecule has 1 N–H and O–H groups in total. The maximum absolute atomic E-state index is 13.7. The van der Waals surface area contributed by atoms with Gasteiger partial charge in [0.25, 0.3) is 5.56 Å². The minimum atomic E-state index is -1.09. The molecule has 6 nitrogen and oxygen atoms in total. The van der Waals surface area contributed by atoms with Crippen molar-refractivity contribution < 1.29 is 14.3 Å². The molecule has 0 spiro atoms. The minimum absolute atomic E-state index is 0.158. The number of carbonyl (C=O) groups is 1. The fourth-order valence-corrected chi connectivity index (χ4v) is 2.85. The largest absolute Gasteiger partial charge is 0.480 e. The first-order chi connectivity index (χ1) is 10.9. The first-order valence-corrected chi connectivity index (χ1v) is 8.01. The maximum Gasteiger partial charge on any atom is 0.328 e. The van der Waals surface area contributed by atoms with Crippen molar-refractivity contribution in [2.24, 2.45) is 0 Å². The van der Waals surface area contributed by atoms with Crippen LogP contribution in [0.2, 0.25) is 0 Å². The summed E-state index contributed by atoms with van der Waals surface area (Å²) in [6.45, 7) is 3.20. The van der Waals surface area contributed by atoms with E-state index < -0.39 is 17.6 Å². The zero-order valence-electron chi connectivity index (χ0n) is 12.7. The minimum Gasteiger partial charge on any atom is -0.480 e. The number of thioether (sulfide) groups is 1. The van der Waals surface area contributed by atoms with Crippen molar-refractivity contribution in [1.29, 1.82) is 0 Å². The van der Waals surface area contributed by atoms with Crippen LogP contribution in [0.1, 0.15) is 31.1 Å². The number of nitrogens with zero attached hydrogens (tertiary/aromatic N) is 3. The highest BCUT2D eigenvalue weighted by Crippen LogP contribution is 2.23. The molecule has 1 unspecified atom stereocenters. The third kappa shape index (κ3) is 3.95. The average Bonchev–Trinajstić information content (AvgIpc) is 2.53. The molecule has 0 aliphatic heterocycles. The molecule has 122 valence electrons. The highest BCUT2D eigenvalue weighted by molar-refractivity contribution is 7.98. The van der Waals surface area contributed by atoms with Crippen molar-refractivity contribution in [3.63, 3.8) is 0 Å². The topological polar surface area (TPSA) is 85.1 Å². The number of aliphatic carboxylic acids is 1. The summed E-state index contributed by atoms with van der Waals surface area (Å²) in [5.74, 6) is -1.23. The molecule has 0 amide bonds. The van der Waals surface area contributed by atoms with Crippen molar-refractivity contribution >= 4 is 17.7 Å². The van der Waals surface area contributed by atoms with Gasteiger partial charge in [-0.3, -0.25) is 4.79 Å². The molecule has 23 heavy (non-hydrogen) atoms. The van der Waals surface area contributed by atoms with Crippen LogP contribution in [0.5, 0.6) is 0 Å². The Bertz CT molecular complexity index is 779. The Kier molecular flexibility index (Phi) is 5.49. The van der Waals surface area contributed by atoms with Gasteiger partial charge in [0.1, 0.15) is 17.6 Å². The Morgan fingerprint density at radius 3 is 2.74 bits per heavy atom. The van der Waals surface area contributed by atoms with E-state index in [-0.39, 0.29) is 22.4 Å². The van der Waals surface area contributed by atoms with Crippen LogP contribution in [0, 0.1) is 5.82 Å². The smallest absolute Gasteiger partial charge is 0.328 e. The monoisotopic (exact) mass is 337 g/mol. The van der Waals surface area contributed by atoms with Crippen LogP contribution in [0.25, 0.3) is 0 Å². The molecule has 0 aliphatic carbocycles. The van der Waals surface area contributed by atoms with E-state index in [4.69, 9.17) is 0 Å². The highest BCUT2D eigenvalue weighted by atomic mass is 32.2. The second-order valence-corrected chi connectivity index (χ2v) is 5.78. The average molecular weight is 337 g/mol. The molecule has 2 aromatic rings. The molecule has 1 atom stereocenters. The standard InChI is InChI=1S/C15H16FN3O3S/c1-3-12-13(20)17-15(19(18-12)9(2)14(21)22)23-8-10-6-4-5-7-11(10)16/h4-7,9H,3,8H2,1-2H3,(H,21,22).